The number of aliphatic carboxylic acids is 1. The zero-order valence-electron chi connectivity index (χ0n) is 12.8. The van der Waals surface area contributed by atoms with E-state index in [2.05, 4.69) is 6.92 Å². The van der Waals surface area contributed by atoms with Crippen LogP contribution in [0.1, 0.15) is 72.1 Å². The third-order valence-corrected chi connectivity index (χ3v) is 4.44. The van der Waals surface area contributed by atoms with Gasteiger partial charge in [0.15, 0.2) is 0 Å². The lowest BCUT2D eigenvalue weighted by Gasteiger charge is -2.28. The van der Waals surface area contributed by atoms with Crippen LogP contribution < -0.4 is 0 Å². The number of rotatable bonds is 8. The molecule has 1 rings (SSSR count). The molecule has 1 N–H and O–H groups in total. The Morgan fingerprint density at radius 2 is 2.05 bits per heavy atom. The monoisotopic (exact) mass is 270 g/mol. The summed E-state index contributed by atoms with van der Waals surface area (Å²) in [6.07, 6.45) is 9.45. The second kappa shape index (κ2) is 7.88. The van der Waals surface area contributed by atoms with E-state index in [1.807, 2.05) is 0 Å². The Bertz CT molecular complexity index is 273. The predicted octanol–water partition coefficient (Wildman–Crippen LogP) is 4.25. The summed E-state index contributed by atoms with van der Waals surface area (Å²) in [6.45, 7) is 6.64. The number of ether oxygens (including phenoxy) is 1. The molecule has 0 aliphatic heterocycles. The van der Waals surface area contributed by atoms with Gasteiger partial charge in [-0.05, 0) is 45.4 Å². The molecule has 0 saturated heterocycles. The summed E-state index contributed by atoms with van der Waals surface area (Å²) >= 11 is 0. The van der Waals surface area contributed by atoms with Gasteiger partial charge in [0.05, 0.1) is 11.5 Å². The highest BCUT2D eigenvalue weighted by Gasteiger charge is 2.26. The second-order valence-corrected chi connectivity index (χ2v) is 6.58. The first-order valence-corrected chi connectivity index (χ1v) is 7.80. The van der Waals surface area contributed by atoms with E-state index >= 15 is 0 Å². The van der Waals surface area contributed by atoms with Gasteiger partial charge >= 0.3 is 5.97 Å². The van der Waals surface area contributed by atoms with Crippen LogP contribution in [-0.2, 0) is 9.53 Å². The van der Waals surface area contributed by atoms with Crippen molar-refractivity contribution in [3.05, 3.63) is 0 Å². The highest BCUT2D eigenvalue weighted by atomic mass is 16.5. The minimum absolute atomic E-state index is 0.450. The van der Waals surface area contributed by atoms with Crippen LogP contribution in [0.5, 0.6) is 0 Å². The van der Waals surface area contributed by atoms with Crippen molar-refractivity contribution < 1.29 is 14.6 Å². The molecule has 0 aromatic rings. The summed E-state index contributed by atoms with van der Waals surface area (Å²) in [5.41, 5.74) is -0.599. The molecular formula is C16H30O3. The third-order valence-electron chi connectivity index (χ3n) is 4.44. The first-order chi connectivity index (χ1) is 8.95. The highest BCUT2D eigenvalue weighted by molar-refractivity contribution is 5.73. The van der Waals surface area contributed by atoms with Crippen LogP contribution in [0.3, 0.4) is 0 Å². The summed E-state index contributed by atoms with van der Waals surface area (Å²) in [5, 5.41) is 9.03. The molecule has 112 valence electrons. The van der Waals surface area contributed by atoms with Crippen molar-refractivity contribution in [1.82, 2.24) is 0 Å². The molecule has 0 radical (unpaired) electrons. The van der Waals surface area contributed by atoms with Gasteiger partial charge in [-0.2, -0.15) is 0 Å². The molecule has 0 aromatic carbocycles. The Labute approximate surface area is 117 Å². The SMILES string of the molecule is CCC1CCCC(OCCCCC(C)(C)C(=O)O)C1. The molecule has 1 aliphatic rings. The molecule has 0 spiro atoms. The molecule has 2 atom stereocenters. The summed E-state index contributed by atoms with van der Waals surface area (Å²) in [7, 11) is 0. The molecule has 0 bridgehead atoms. The van der Waals surface area contributed by atoms with Gasteiger partial charge in [0.1, 0.15) is 0 Å². The zero-order chi connectivity index (χ0) is 14.3. The van der Waals surface area contributed by atoms with Gasteiger partial charge in [0.25, 0.3) is 0 Å². The van der Waals surface area contributed by atoms with Crippen molar-refractivity contribution in [3.63, 3.8) is 0 Å². The molecule has 2 unspecified atom stereocenters. The molecule has 0 heterocycles. The Hall–Kier alpha value is -0.570. The van der Waals surface area contributed by atoms with Gasteiger partial charge in [-0.25, -0.2) is 0 Å². The molecule has 3 nitrogen and oxygen atoms in total. The van der Waals surface area contributed by atoms with Gasteiger partial charge in [-0.1, -0.05) is 32.6 Å². The Morgan fingerprint density at radius 1 is 1.32 bits per heavy atom. The largest absolute Gasteiger partial charge is 0.481 e. The maximum absolute atomic E-state index is 11.0. The van der Waals surface area contributed by atoms with Crippen molar-refractivity contribution in [3.8, 4) is 0 Å². The zero-order valence-corrected chi connectivity index (χ0v) is 12.8. The normalized spacial score (nSPS) is 24.4. The van der Waals surface area contributed by atoms with E-state index in [0.717, 1.165) is 31.8 Å². The van der Waals surface area contributed by atoms with E-state index in [4.69, 9.17) is 9.84 Å². The fourth-order valence-corrected chi connectivity index (χ4v) is 2.79. The van der Waals surface area contributed by atoms with Gasteiger partial charge in [-0.15, -0.1) is 0 Å². The fourth-order valence-electron chi connectivity index (χ4n) is 2.79. The minimum Gasteiger partial charge on any atom is -0.481 e. The summed E-state index contributed by atoms with van der Waals surface area (Å²) < 4.78 is 5.94. The van der Waals surface area contributed by atoms with E-state index in [9.17, 15) is 4.79 Å². The van der Waals surface area contributed by atoms with Crippen LogP contribution in [-0.4, -0.2) is 23.8 Å². The van der Waals surface area contributed by atoms with Crippen LogP contribution in [0.2, 0.25) is 0 Å². The number of hydrogen-bond donors (Lipinski definition) is 1. The Kier molecular flexibility index (Phi) is 6.84. The molecule has 1 saturated carbocycles. The lowest BCUT2D eigenvalue weighted by Crippen LogP contribution is -2.24. The number of carbonyl (C=O) groups is 1. The standard InChI is InChI=1S/C16H30O3/c1-4-13-8-7-9-14(12-13)19-11-6-5-10-16(2,3)15(17)18/h13-14H,4-12H2,1-3H3,(H,17,18). The van der Waals surface area contributed by atoms with Crippen LogP contribution >= 0.6 is 0 Å². The van der Waals surface area contributed by atoms with E-state index < -0.39 is 11.4 Å². The molecular weight excluding hydrogens is 240 g/mol. The van der Waals surface area contributed by atoms with Crippen molar-refractivity contribution >= 4 is 5.97 Å². The van der Waals surface area contributed by atoms with Gasteiger partial charge in [0.2, 0.25) is 0 Å². The first-order valence-electron chi connectivity index (χ1n) is 7.80. The van der Waals surface area contributed by atoms with Gasteiger partial charge in [0, 0.05) is 6.61 Å². The number of carboxylic acids is 1. The van der Waals surface area contributed by atoms with E-state index in [1.165, 1.54) is 32.1 Å². The van der Waals surface area contributed by atoms with Crippen LogP contribution in [0.25, 0.3) is 0 Å². The average Bonchev–Trinajstić information content (AvgIpc) is 2.38. The molecule has 1 fully saturated rings. The summed E-state index contributed by atoms with van der Waals surface area (Å²) in [5.74, 6) is 0.149. The van der Waals surface area contributed by atoms with E-state index in [0.29, 0.717) is 6.10 Å². The number of carboxylic acid groups (broad SMARTS) is 1. The third kappa shape index (κ3) is 5.94. The van der Waals surface area contributed by atoms with Gasteiger partial charge in [-0.3, -0.25) is 4.79 Å². The van der Waals surface area contributed by atoms with Crippen molar-refractivity contribution in [2.24, 2.45) is 11.3 Å². The van der Waals surface area contributed by atoms with Crippen molar-refractivity contribution in [2.45, 2.75) is 78.2 Å². The number of unbranched alkanes of at least 4 members (excludes halogenated alkanes) is 1. The lowest BCUT2D eigenvalue weighted by atomic mass is 9.85. The summed E-state index contributed by atoms with van der Waals surface area (Å²) in [6, 6.07) is 0. The fraction of sp³-hybridized carbons (Fsp3) is 0.938. The molecule has 3 heteroatoms. The second-order valence-electron chi connectivity index (χ2n) is 6.58. The van der Waals surface area contributed by atoms with Crippen molar-refractivity contribution in [1.29, 1.82) is 0 Å². The predicted molar refractivity (Wildman–Crippen MR) is 77.3 cm³/mol. The Balaban J connectivity index is 2.09. The minimum atomic E-state index is -0.702. The molecule has 0 aromatic heterocycles. The lowest BCUT2D eigenvalue weighted by molar-refractivity contribution is -0.147. The molecule has 0 amide bonds. The van der Waals surface area contributed by atoms with E-state index in [-0.39, 0.29) is 0 Å². The average molecular weight is 270 g/mol. The smallest absolute Gasteiger partial charge is 0.309 e. The number of hydrogen-bond acceptors (Lipinski definition) is 2. The van der Waals surface area contributed by atoms with Gasteiger partial charge < -0.3 is 9.84 Å². The van der Waals surface area contributed by atoms with Crippen LogP contribution in [0, 0.1) is 11.3 Å². The first kappa shape index (κ1) is 16.5. The van der Waals surface area contributed by atoms with E-state index in [1.54, 1.807) is 13.8 Å². The topological polar surface area (TPSA) is 46.5 Å². The maximum atomic E-state index is 11.0. The van der Waals surface area contributed by atoms with Crippen molar-refractivity contribution in [2.75, 3.05) is 6.61 Å². The maximum Gasteiger partial charge on any atom is 0.309 e. The quantitative estimate of drug-likeness (QED) is 0.671. The summed E-state index contributed by atoms with van der Waals surface area (Å²) in [4.78, 5) is 11.0. The molecule has 1 aliphatic carbocycles. The highest BCUT2D eigenvalue weighted by Crippen LogP contribution is 2.29. The Morgan fingerprint density at radius 3 is 2.68 bits per heavy atom. The van der Waals surface area contributed by atoms with Crippen LogP contribution in [0.15, 0.2) is 0 Å². The molecule has 19 heavy (non-hydrogen) atoms. The van der Waals surface area contributed by atoms with Crippen LogP contribution in [0.4, 0.5) is 0 Å².